The van der Waals surface area contributed by atoms with Crippen LogP contribution in [-0.2, 0) is 14.4 Å². The van der Waals surface area contributed by atoms with Crippen LogP contribution in [0.4, 0.5) is 10.2 Å². The van der Waals surface area contributed by atoms with E-state index in [1.165, 1.54) is 19.4 Å². The number of nitrogens with one attached hydrogen (secondary N) is 1. The molecule has 1 unspecified atom stereocenters. The number of allylic oxidation sites excluding steroid dienone is 1. The third-order valence-corrected chi connectivity index (χ3v) is 6.13. The molecular weight excluding hydrogens is 473 g/mol. The molecule has 1 aliphatic carbocycles. The number of anilines is 1. The Balaban J connectivity index is 1.64. The summed E-state index contributed by atoms with van der Waals surface area (Å²) in [6, 6.07) is 1.09. The van der Waals surface area contributed by atoms with Gasteiger partial charge in [0, 0.05) is 43.0 Å². The van der Waals surface area contributed by atoms with Crippen LogP contribution < -0.4 is 15.6 Å². The average Bonchev–Trinajstić information content (AvgIpc) is 3.59. The average molecular weight is 502 g/mol. The molecule has 12 heteroatoms. The summed E-state index contributed by atoms with van der Waals surface area (Å²) < 4.78 is 21.8. The molecule has 0 aromatic carbocycles. The number of esters is 1. The fraction of sp³-hybridized carbons (Fsp3) is 0.458. The molecule has 0 amide bonds. The van der Waals surface area contributed by atoms with Crippen molar-refractivity contribution in [3.8, 4) is 0 Å². The van der Waals surface area contributed by atoms with Crippen LogP contribution in [0.2, 0.25) is 0 Å². The van der Waals surface area contributed by atoms with Crippen molar-refractivity contribution in [3.05, 3.63) is 45.6 Å². The minimum atomic E-state index is -1.36. The van der Waals surface area contributed by atoms with Crippen molar-refractivity contribution in [2.24, 2.45) is 11.1 Å². The van der Waals surface area contributed by atoms with E-state index in [1.54, 1.807) is 23.3 Å². The van der Waals surface area contributed by atoms with Crippen LogP contribution in [0.3, 0.4) is 0 Å². The molecule has 1 aliphatic heterocycles. The first-order valence-corrected chi connectivity index (χ1v) is 11.7. The van der Waals surface area contributed by atoms with Gasteiger partial charge in [0.15, 0.2) is 11.6 Å². The van der Waals surface area contributed by atoms with Gasteiger partial charge in [0.25, 0.3) is 0 Å². The highest BCUT2D eigenvalue weighted by Gasteiger charge is 2.34. The molecule has 2 fully saturated rings. The SMILES string of the molecule is CCOC(=O)C=C(C)NCC1CN(c2nc3c(cc2F)c(=O)c(C(=O)O)cn3C2CC2)CC1=NOC. The number of aromatic nitrogens is 2. The zero-order chi connectivity index (χ0) is 26.0. The van der Waals surface area contributed by atoms with E-state index in [-0.39, 0.29) is 42.0 Å². The molecule has 192 valence electrons. The van der Waals surface area contributed by atoms with E-state index in [4.69, 9.17) is 9.57 Å². The van der Waals surface area contributed by atoms with E-state index in [0.29, 0.717) is 24.5 Å². The number of rotatable bonds is 9. The van der Waals surface area contributed by atoms with Crippen LogP contribution >= 0.6 is 0 Å². The number of ether oxygens (including phenoxy) is 1. The molecule has 3 heterocycles. The first-order valence-electron chi connectivity index (χ1n) is 11.7. The molecule has 0 spiro atoms. The molecule has 4 rings (SSSR count). The topological polar surface area (TPSA) is 135 Å². The minimum Gasteiger partial charge on any atom is -0.477 e. The van der Waals surface area contributed by atoms with Gasteiger partial charge in [0.2, 0.25) is 5.43 Å². The Morgan fingerprint density at radius 3 is 2.78 bits per heavy atom. The largest absolute Gasteiger partial charge is 0.477 e. The second-order valence-corrected chi connectivity index (χ2v) is 8.78. The fourth-order valence-corrected chi connectivity index (χ4v) is 4.26. The zero-order valence-corrected chi connectivity index (χ0v) is 20.3. The van der Waals surface area contributed by atoms with Crippen LogP contribution in [0.1, 0.15) is 43.1 Å². The van der Waals surface area contributed by atoms with E-state index in [1.807, 2.05) is 0 Å². The lowest BCUT2D eigenvalue weighted by Crippen LogP contribution is -2.28. The third-order valence-electron chi connectivity index (χ3n) is 6.13. The van der Waals surface area contributed by atoms with Gasteiger partial charge in [0.05, 0.1) is 24.2 Å². The number of halogens is 1. The molecule has 2 aromatic heterocycles. The number of carboxylic acid groups (broad SMARTS) is 1. The Labute approximate surface area is 206 Å². The van der Waals surface area contributed by atoms with Gasteiger partial charge in [-0.1, -0.05) is 5.16 Å². The van der Waals surface area contributed by atoms with Crippen molar-refractivity contribution in [1.29, 1.82) is 0 Å². The van der Waals surface area contributed by atoms with Crippen LogP contribution in [0.15, 0.2) is 34.0 Å². The Morgan fingerprint density at radius 1 is 1.39 bits per heavy atom. The van der Waals surface area contributed by atoms with Crippen molar-refractivity contribution >= 4 is 34.5 Å². The third kappa shape index (κ3) is 5.16. The van der Waals surface area contributed by atoms with Gasteiger partial charge in [-0.25, -0.2) is 19.0 Å². The summed E-state index contributed by atoms with van der Waals surface area (Å²) in [7, 11) is 1.43. The number of oxime groups is 1. The lowest BCUT2D eigenvalue weighted by Gasteiger charge is -2.20. The predicted molar refractivity (Wildman–Crippen MR) is 130 cm³/mol. The van der Waals surface area contributed by atoms with Crippen molar-refractivity contribution in [2.45, 2.75) is 32.7 Å². The van der Waals surface area contributed by atoms with Crippen molar-refractivity contribution in [1.82, 2.24) is 14.9 Å². The normalized spacial score (nSPS) is 19.1. The lowest BCUT2D eigenvalue weighted by atomic mass is 10.1. The monoisotopic (exact) mass is 501 g/mol. The molecule has 11 nitrogen and oxygen atoms in total. The van der Waals surface area contributed by atoms with Crippen LogP contribution in [0, 0.1) is 11.7 Å². The summed E-state index contributed by atoms with van der Waals surface area (Å²) in [6.07, 6.45) is 4.31. The number of pyridine rings is 2. The zero-order valence-electron chi connectivity index (χ0n) is 20.3. The van der Waals surface area contributed by atoms with Gasteiger partial charge in [-0.2, -0.15) is 0 Å². The number of carbonyl (C=O) groups is 2. The fourth-order valence-electron chi connectivity index (χ4n) is 4.26. The lowest BCUT2D eigenvalue weighted by molar-refractivity contribution is -0.137. The van der Waals surface area contributed by atoms with E-state index < -0.39 is 28.7 Å². The standard InChI is InChI=1S/C24H28FN5O6/c1-4-36-20(31)7-13(2)26-9-14-10-29(12-19(14)28-35-3)23-18(25)8-16-21(32)17(24(33)34)11-30(15-5-6-15)22(16)27-23/h7-8,11,14-15,26H,4-6,9-10,12H2,1-3H3,(H,33,34). The highest BCUT2D eigenvalue weighted by Crippen LogP contribution is 2.37. The number of nitrogens with zero attached hydrogens (tertiary/aromatic N) is 4. The second-order valence-electron chi connectivity index (χ2n) is 8.78. The van der Waals surface area contributed by atoms with Gasteiger partial charge >= 0.3 is 11.9 Å². The Hall–Kier alpha value is -3.96. The summed E-state index contributed by atoms with van der Waals surface area (Å²) in [5, 5.41) is 16.6. The second kappa shape index (κ2) is 10.3. The first kappa shape index (κ1) is 25.1. The van der Waals surface area contributed by atoms with Crippen LogP contribution in [-0.4, -0.2) is 65.7 Å². The number of carbonyl (C=O) groups excluding carboxylic acids is 1. The molecule has 1 saturated heterocycles. The molecular formula is C24H28FN5O6. The number of fused-ring (bicyclic) bond motifs is 1. The van der Waals surface area contributed by atoms with Gasteiger partial charge in [-0.15, -0.1) is 0 Å². The van der Waals surface area contributed by atoms with Crippen molar-refractivity contribution in [3.63, 3.8) is 0 Å². The predicted octanol–water partition coefficient (Wildman–Crippen LogP) is 2.06. The number of aromatic carboxylic acids is 1. The van der Waals surface area contributed by atoms with Crippen molar-refractivity contribution < 1.29 is 28.7 Å². The van der Waals surface area contributed by atoms with E-state index in [9.17, 15) is 19.5 Å². The van der Waals surface area contributed by atoms with Gasteiger partial charge in [-0.3, -0.25) is 4.79 Å². The van der Waals surface area contributed by atoms with E-state index in [2.05, 4.69) is 15.5 Å². The first-order chi connectivity index (χ1) is 17.2. The molecule has 2 aliphatic rings. The van der Waals surface area contributed by atoms with Crippen molar-refractivity contribution in [2.75, 3.05) is 38.3 Å². The van der Waals surface area contributed by atoms with Gasteiger partial charge in [0.1, 0.15) is 18.3 Å². The molecule has 1 atom stereocenters. The van der Waals surface area contributed by atoms with Crippen LogP contribution in [0.5, 0.6) is 0 Å². The molecule has 0 bridgehead atoms. The molecule has 2 aromatic rings. The Kier molecular flexibility index (Phi) is 7.22. The Bertz CT molecular complexity index is 1320. The van der Waals surface area contributed by atoms with Crippen LogP contribution in [0.25, 0.3) is 11.0 Å². The van der Waals surface area contributed by atoms with Gasteiger partial charge < -0.3 is 29.5 Å². The highest BCUT2D eigenvalue weighted by atomic mass is 19.1. The molecule has 0 radical (unpaired) electrons. The number of carboxylic acids is 1. The summed E-state index contributed by atoms with van der Waals surface area (Å²) in [5.41, 5.74) is 0.360. The van der Waals surface area contributed by atoms with E-state index in [0.717, 1.165) is 18.9 Å². The summed E-state index contributed by atoms with van der Waals surface area (Å²) in [5.74, 6) is -2.66. The summed E-state index contributed by atoms with van der Waals surface area (Å²) in [4.78, 5) is 47.1. The molecule has 2 N–H and O–H groups in total. The summed E-state index contributed by atoms with van der Waals surface area (Å²) >= 11 is 0. The summed E-state index contributed by atoms with van der Waals surface area (Å²) in [6.45, 7) is 4.76. The molecule has 1 saturated carbocycles. The number of hydrogen-bond donors (Lipinski definition) is 2. The maximum Gasteiger partial charge on any atom is 0.341 e. The maximum atomic E-state index is 15.3. The quantitative estimate of drug-likeness (QED) is 0.301. The smallest absolute Gasteiger partial charge is 0.341 e. The number of hydrogen-bond acceptors (Lipinski definition) is 9. The molecule has 36 heavy (non-hydrogen) atoms. The highest BCUT2D eigenvalue weighted by molar-refractivity contribution is 5.95. The minimum absolute atomic E-state index is 0.0207. The van der Waals surface area contributed by atoms with E-state index >= 15 is 4.39 Å². The van der Waals surface area contributed by atoms with Gasteiger partial charge in [-0.05, 0) is 32.8 Å². The maximum absolute atomic E-state index is 15.3. The Morgan fingerprint density at radius 2 is 2.14 bits per heavy atom.